The fraction of sp³-hybridized carbons (Fsp3) is 0.282. The van der Waals surface area contributed by atoms with Crippen LogP contribution in [0.1, 0.15) is 119 Å². The Morgan fingerprint density at radius 1 is 0.184 bits per heavy atom. The fourth-order valence-electron chi connectivity index (χ4n) is 18.3. The first kappa shape index (κ1) is 96.5. The molecule has 0 unspecified atom stereocenters. The van der Waals surface area contributed by atoms with Gasteiger partial charge in [-0.25, -0.2) is 14.0 Å². The minimum Gasteiger partial charge on any atom is -0.374 e. The van der Waals surface area contributed by atoms with Crippen LogP contribution >= 0.6 is 0 Å². The molecule has 3 aromatic heterocycles. The van der Waals surface area contributed by atoms with Crippen LogP contribution in [0, 0.1) is 0 Å². The minimum absolute atomic E-state index is 0.149. The van der Waals surface area contributed by atoms with Crippen LogP contribution in [0.3, 0.4) is 0 Å². The van der Waals surface area contributed by atoms with E-state index >= 15 is 0 Å². The van der Waals surface area contributed by atoms with Crippen molar-refractivity contribution in [1.29, 1.82) is 0 Å². The van der Waals surface area contributed by atoms with Crippen molar-refractivity contribution in [3.63, 3.8) is 0 Å². The van der Waals surface area contributed by atoms with Crippen LogP contribution in [-0.2, 0) is 170 Å². The summed E-state index contributed by atoms with van der Waals surface area (Å²) in [6, 6.07) is 128. The number of nitrogens with zero attached hydrogens (tertiary/aromatic N) is 9. The molecule has 0 N–H and O–H groups in total. The van der Waals surface area contributed by atoms with Gasteiger partial charge in [0.05, 0.1) is 137 Å². The molecule has 16 aromatic rings. The van der Waals surface area contributed by atoms with Gasteiger partial charge in [-0.15, -0.1) is 15.3 Å². The Morgan fingerprint density at radius 2 is 0.348 bits per heavy atom. The summed E-state index contributed by atoms with van der Waals surface area (Å²) in [4.78, 5) is 0. The van der Waals surface area contributed by atoms with E-state index in [1.165, 1.54) is 0 Å². The predicted octanol–water partition coefficient (Wildman–Crippen LogP) is 19.8. The summed E-state index contributed by atoms with van der Waals surface area (Å²) in [6.45, 7) is 4.42. The molecule has 0 aliphatic carbocycles. The molecule has 141 heavy (non-hydrogen) atoms. The number of rotatable bonds is 48. The van der Waals surface area contributed by atoms with E-state index in [1.54, 1.807) is 0 Å². The molecule has 24 heteroatoms. The third-order valence-electron chi connectivity index (χ3n) is 25.3. The highest BCUT2D eigenvalue weighted by Gasteiger charge is 2.53. The molecule has 15 atom stereocenters. The van der Waals surface area contributed by atoms with Gasteiger partial charge in [0.2, 0.25) is 0 Å². The SMILES string of the molecule is c1ccc(COC[C@H]2O[C@@H](c3cn(Cc4cc(Cn5cc([C@@H]6O[C@H](COCc7ccccc7)[C@@H](OCc7ccccc7)[C@H](OCc7ccccc7)[C@H]6OCc6ccccc6)nn5)cc(Cn5cc([C@@H]6O[C@H](COCc7ccccc7)[C@@H](OCc7ccccc7)[C@H](OCc7ccccc7)[C@H]6OCc6ccccc6)nn5)c4)nn3)[C@H](OCc3ccccc3)[C@@H](OCc3ccccc3)[C@@H]2OCc2ccccc2)cc1. The highest BCUT2D eigenvalue weighted by atomic mass is 16.6. The first-order chi connectivity index (χ1) is 69.8. The number of hydrogen-bond acceptors (Lipinski definition) is 21. The summed E-state index contributed by atoms with van der Waals surface area (Å²) in [5.41, 5.74) is 16.0. The zero-order valence-electron chi connectivity index (χ0n) is 78.6. The molecule has 6 heterocycles. The highest BCUT2D eigenvalue weighted by molar-refractivity contribution is 5.33. The zero-order valence-corrected chi connectivity index (χ0v) is 78.6. The minimum atomic E-state index is -0.853. The molecule has 3 saturated heterocycles. The molecule has 3 fully saturated rings. The average molecular weight is 1890 g/mol. The van der Waals surface area contributed by atoms with Crippen molar-refractivity contribution in [3.05, 3.63) is 501 Å². The number of aromatic nitrogens is 9. The summed E-state index contributed by atoms with van der Waals surface area (Å²) in [6.07, 6.45) is -5.48. The van der Waals surface area contributed by atoms with Crippen molar-refractivity contribution in [2.24, 2.45) is 0 Å². The Kier molecular flexibility index (Phi) is 34.4. The van der Waals surface area contributed by atoms with Crippen molar-refractivity contribution in [3.8, 4) is 0 Å². The summed E-state index contributed by atoms with van der Waals surface area (Å²) in [5, 5.41) is 30.1. The van der Waals surface area contributed by atoms with Crippen molar-refractivity contribution in [1.82, 2.24) is 45.0 Å². The Hall–Kier alpha value is -13.3. The second-order valence-electron chi connectivity index (χ2n) is 35.8. The Balaban J connectivity index is 0.686. The lowest BCUT2D eigenvalue weighted by atomic mass is 9.92. The molecule has 0 radical (unpaired) electrons. The number of benzene rings is 13. The van der Waals surface area contributed by atoms with Crippen LogP contribution in [0.25, 0.3) is 0 Å². The van der Waals surface area contributed by atoms with E-state index in [0.717, 1.165) is 83.5 Å². The quantitative estimate of drug-likeness (QED) is 0.0345. The summed E-state index contributed by atoms with van der Waals surface area (Å²) >= 11 is 0. The molecule has 24 nitrogen and oxygen atoms in total. The molecule has 19 rings (SSSR count). The van der Waals surface area contributed by atoms with Gasteiger partial charge >= 0.3 is 0 Å². The summed E-state index contributed by atoms with van der Waals surface area (Å²) in [7, 11) is 0. The predicted molar refractivity (Wildman–Crippen MR) is 530 cm³/mol. The van der Waals surface area contributed by atoms with Crippen LogP contribution < -0.4 is 0 Å². The first-order valence-electron chi connectivity index (χ1n) is 48.4. The van der Waals surface area contributed by atoms with Gasteiger partial charge in [0.25, 0.3) is 0 Å². The van der Waals surface area contributed by atoms with E-state index in [4.69, 9.17) is 102 Å². The Morgan fingerprint density at radius 3 is 0.532 bits per heavy atom. The highest BCUT2D eigenvalue weighted by Crippen LogP contribution is 2.43. The smallest absolute Gasteiger partial charge is 0.132 e. The van der Waals surface area contributed by atoms with Crippen molar-refractivity contribution in [2.75, 3.05) is 19.8 Å². The van der Waals surface area contributed by atoms with Gasteiger partial charge in [0.15, 0.2) is 0 Å². The van der Waals surface area contributed by atoms with Crippen LogP contribution in [0.2, 0.25) is 0 Å². The topological polar surface area (TPSA) is 231 Å². The Bertz CT molecular complexity index is 5710. The maximum Gasteiger partial charge on any atom is 0.132 e. The molecule has 3 aliphatic rings. The van der Waals surface area contributed by atoms with E-state index in [0.29, 0.717) is 36.9 Å². The first-order valence-corrected chi connectivity index (χ1v) is 48.4. The van der Waals surface area contributed by atoms with Crippen LogP contribution in [0.4, 0.5) is 0 Å². The van der Waals surface area contributed by atoms with E-state index in [9.17, 15) is 0 Å². The fourth-order valence-corrected chi connectivity index (χ4v) is 18.3. The van der Waals surface area contributed by atoms with Gasteiger partial charge < -0.3 is 71.1 Å². The molecular formula is C117H117N9O15. The van der Waals surface area contributed by atoms with E-state index < -0.39 is 91.6 Å². The summed E-state index contributed by atoms with van der Waals surface area (Å²) in [5.74, 6) is 0. The molecular weight excluding hydrogens is 1770 g/mol. The van der Waals surface area contributed by atoms with E-state index in [2.05, 4.69) is 91.0 Å². The zero-order chi connectivity index (χ0) is 95.0. The Labute approximate surface area is 822 Å². The van der Waals surface area contributed by atoms with Gasteiger partial charge in [-0.2, -0.15) is 0 Å². The van der Waals surface area contributed by atoms with Gasteiger partial charge in [0, 0.05) is 0 Å². The molecule has 0 saturated carbocycles. The van der Waals surface area contributed by atoms with Crippen LogP contribution in [-0.4, -0.2) is 138 Å². The molecule has 13 aromatic carbocycles. The van der Waals surface area contributed by atoms with Crippen LogP contribution in [0.5, 0.6) is 0 Å². The van der Waals surface area contributed by atoms with Gasteiger partial charge in [-0.05, 0) is 83.5 Å². The molecule has 0 spiro atoms. The lowest BCUT2D eigenvalue weighted by Gasteiger charge is -2.45. The maximum absolute atomic E-state index is 7.44. The lowest BCUT2D eigenvalue weighted by Crippen LogP contribution is -2.58. The van der Waals surface area contributed by atoms with Gasteiger partial charge in [-0.3, -0.25) is 0 Å². The third kappa shape index (κ3) is 27.3. The van der Waals surface area contributed by atoms with E-state index in [1.807, 2.05) is 324 Å². The van der Waals surface area contributed by atoms with Gasteiger partial charge in [-0.1, -0.05) is 398 Å². The molecule has 3 aliphatic heterocycles. The number of ether oxygens (including phenoxy) is 15. The normalized spacial score (nSPS) is 21.3. The standard InChI is InChI=1S/C117H117N9O15/c1-13-37-85(38-14-1)70-127-82-103-109(130-73-88-43-19-4-20-44-88)115(136-79-94-55-31-10-32-56-94)112(133-76-91-49-25-7-26-50-91)106(139-103)100-67-124(121-118-100)64-97-61-98(65-125-68-101(119-122-125)107-113(134-77-92-51-27-8-28-52-92)116(137-80-95-57-33-11-34-58-95)110(131-74-89-45-21-5-22-46-89)104(140-107)83-128-71-86-39-15-2-16-40-86)63-99(62-97)66-126-69-102(120-123-126)108-114(135-78-93-53-29-9-30-54-93)117(138-81-96-59-35-12-36-60-96)111(132-75-90-47-23-6-24-48-90)105(141-108)84-129-72-87-41-17-3-18-42-87/h1-63,67-69,103-117H,64-66,70-84H2/t103-,104-,105-,106+,107+,108+,109-,110-,111-,112+,113+,114+,115+,116+,117+/m1/s1. The van der Waals surface area contributed by atoms with E-state index in [-0.39, 0.29) is 98.9 Å². The molecule has 0 bridgehead atoms. The van der Waals surface area contributed by atoms with Crippen molar-refractivity contribution < 1.29 is 71.1 Å². The van der Waals surface area contributed by atoms with Crippen LogP contribution in [0.15, 0.2) is 401 Å². The number of hydrogen-bond donors (Lipinski definition) is 0. The monoisotopic (exact) mass is 1890 g/mol. The largest absolute Gasteiger partial charge is 0.374 e. The lowest BCUT2D eigenvalue weighted by molar-refractivity contribution is -0.275. The second-order valence-corrected chi connectivity index (χ2v) is 35.8. The van der Waals surface area contributed by atoms with Gasteiger partial charge in [0.1, 0.15) is 109 Å². The average Bonchev–Trinajstić information content (AvgIpc) is 1.15. The summed E-state index contributed by atoms with van der Waals surface area (Å²) < 4.78 is 113. The molecule has 720 valence electrons. The van der Waals surface area contributed by atoms with Crippen molar-refractivity contribution in [2.45, 2.75) is 190 Å². The third-order valence-corrected chi connectivity index (χ3v) is 25.3. The molecule has 0 amide bonds. The second kappa shape index (κ2) is 50.2. The maximum atomic E-state index is 7.44. The van der Waals surface area contributed by atoms with Crippen molar-refractivity contribution >= 4 is 0 Å².